The lowest BCUT2D eigenvalue weighted by atomic mass is 10.3. The number of anilines is 1. The van der Waals surface area contributed by atoms with Gasteiger partial charge in [-0.15, -0.1) is 0 Å². The molecule has 0 spiro atoms. The minimum absolute atomic E-state index is 0.263. The van der Waals surface area contributed by atoms with Crippen molar-refractivity contribution < 1.29 is 8.42 Å². The summed E-state index contributed by atoms with van der Waals surface area (Å²) >= 11 is 0. The van der Waals surface area contributed by atoms with Crippen LogP contribution >= 0.6 is 0 Å². The zero-order valence-corrected chi connectivity index (χ0v) is 13.2. The molecule has 0 aliphatic carbocycles. The summed E-state index contributed by atoms with van der Waals surface area (Å²) in [6, 6.07) is 10.9. The van der Waals surface area contributed by atoms with Crippen molar-refractivity contribution in [3.8, 4) is 0 Å². The van der Waals surface area contributed by atoms with Gasteiger partial charge >= 0.3 is 0 Å². The van der Waals surface area contributed by atoms with Gasteiger partial charge in [0.2, 0.25) is 10.0 Å². The van der Waals surface area contributed by atoms with Crippen molar-refractivity contribution in [2.45, 2.75) is 31.3 Å². The Labute approximate surface area is 126 Å². The first-order chi connectivity index (χ1) is 10.1. The Morgan fingerprint density at radius 1 is 1.19 bits per heavy atom. The monoisotopic (exact) mass is 307 g/mol. The minimum atomic E-state index is -3.40. The maximum Gasteiger partial charge on any atom is 0.240 e. The van der Waals surface area contributed by atoms with Gasteiger partial charge in [0, 0.05) is 24.1 Å². The van der Waals surface area contributed by atoms with Gasteiger partial charge in [-0.2, -0.15) is 0 Å². The summed E-state index contributed by atoms with van der Waals surface area (Å²) in [6.07, 6.45) is 3.14. The van der Waals surface area contributed by atoms with E-state index in [2.05, 4.69) is 33.8 Å². The van der Waals surface area contributed by atoms with Crippen LogP contribution < -0.4 is 10.0 Å². The Bertz CT molecular complexity index is 692. The smallest absolute Gasteiger partial charge is 0.240 e. The van der Waals surface area contributed by atoms with E-state index in [0.29, 0.717) is 6.54 Å². The standard InChI is InChI=1S/C15H21N3O2S/c1-3-9-18-10-5-7-14(18)12-17-13-6-4-8-15(11-13)21(19,20)16-2/h4-8,10-11,16-17H,3,9,12H2,1-2H3. The van der Waals surface area contributed by atoms with E-state index in [1.54, 1.807) is 18.2 Å². The first kappa shape index (κ1) is 15.6. The van der Waals surface area contributed by atoms with Gasteiger partial charge in [0.15, 0.2) is 0 Å². The molecule has 6 heteroatoms. The van der Waals surface area contributed by atoms with Crippen LogP contribution in [0.15, 0.2) is 47.5 Å². The van der Waals surface area contributed by atoms with Crippen LogP contribution in [-0.4, -0.2) is 20.0 Å². The van der Waals surface area contributed by atoms with Crippen LogP contribution in [-0.2, 0) is 23.1 Å². The maximum atomic E-state index is 11.8. The van der Waals surface area contributed by atoms with Gasteiger partial charge in [0.25, 0.3) is 0 Å². The molecule has 5 nitrogen and oxygen atoms in total. The van der Waals surface area contributed by atoms with Gasteiger partial charge in [0.05, 0.1) is 11.4 Å². The summed E-state index contributed by atoms with van der Waals surface area (Å²) < 4.78 is 28.1. The SMILES string of the molecule is CCCn1cccc1CNc1cccc(S(=O)(=O)NC)c1. The zero-order chi connectivity index (χ0) is 15.3. The Morgan fingerprint density at radius 3 is 2.71 bits per heavy atom. The van der Waals surface area contributed by atoms with Crippen molar-refractivity contribution in [1.29, 1.82) is 0 Å². The lowest BCUT2D eigenvalue weighted by Crippen LogP contribution is -2.18. The third-order valence-corrected chi connectivity index (χ3v) is 4.69. The van der Waals surface area contributed by atoms with Crippen molar-refractivity contribution in [2.75, 3.05) is 12.4 Å². The molecule has 1 aromatic heterocycles. The highest BCUT2D eigenvalue weighted by molar-refractivity contribution is 7.89. The molecule has 1 aromatic carbocycles. The van der Waals surface area contributed by atoms with E-state index in [4.69, 9.17) is 0 Å². The molecule has 0 saturated carbocycles. The molecule has 0 atom stereocenters. The molecular formula is C15H21N3O2S. The van der Waals surface area contributed by atoms with E-state index in [1.165, 1.54) is 12.7 Å². The number of benzene rings is 1. The number of aromatic nitrogens is 1. The Kier molecular flexibility index (Phi) is 5.03. The van der Waals surface area contributed by atoms with Gasteiger partial charge < -0.3 is 9.88 Å². The molecule has 2 N–H and O–H groups in total. The van der Waals surface area contributed by atoms with Gasteiger partial charge in [-0.05, 0) is 43.8 Å². The topological polar surface area (TPSA) is 63.1 Å². The average molecular weight is 307 g/mol. The van der Waals surface area contributed by atoms with E-state index >= 15 is 0 Å². The zero-order valence-electron chi connectivity index (χ0n) is 12.3. The highest BCUT2D eigenvalue weighted by Crippen LogP contribution is 2.16. The van der Waals surface area contributed by atoms with E-state index in [-0.39, 0.29) is 4.90 Å². The summed E-state index contributed by atoms with van der Waals surface area (Å²) in [4.78, 5) is 0.263. The fraction of sp³-hybridized carbons (Fsp3) is 0.333. The summed E-state index contributed by atoms with van der Waals surface area (Å²) in [5.41, 5.74) is 1.97. The Balaban J connectivity index is 2.10. The Hall–Kier alpha value is -1.79. The van der Waals surface area contributed by atoms with E-state index < -0.39 is 10.0 Å². The molecule has 2 rings (SSSR count). The highest BCUT2D eigenvalue weighted by Gasteiger charge is 2.11. The summed E-state index contributed by atoms with van der Waals surface area (Å²) in [5, 5.41) is 3.27. The third-order valence-electron chi connectivity index (χ3n) is 3.27. The number of rotatable bonds is 7. The second-order valence-electron chi connectivity index (χ2n) is 4.78. The van der Waals surface area contributed by atoms with Crippen molar-refractivity contribution in [3.63, 3.8) is 0 Å². The van der Waals surface area contributed by atoms with Gasteiger partial charge in [-0.25, -0.2) is 13.1 Å². The van der Waals surface area contributed by atoms with Gasteiger partial charge in [0.1, 0.15) is 0 Å². The summed E-state index contributed by atoms with van der Waals surface area (Å²) in [5.74, 6) is 0. The normalized spacial score (nSPS) is 11.5. The van der Waals surface area contributed by atoms with E-state index in [9.17, 15) is 8.42 Å². The van der Waals surface area contributed by atoms with E-state index in [0.717, 1.165) is 18.7 Å². The molecule has 0 bridgehead atoms. The number of aryl methyl sites for hydroxylation is 1. The van der Waals surface area contributed by atoms with E-state index in [1.807, 2.05) is 12.1 Å². The average Bonchev–Trinajstić information content (AvgIpc) is 2.93. The number of hydrogen-bond acceptors (Lipinski definition) is 3. The molecule has 1 heterocycles. The predicted molar refractivity (Wildman–Crippen MR) is 84.7 cm³/mol. The van der Waals surface area contributed by atoms with Crippen LogP contribution in [0, 0.1) is 0 Å². The lowest BCUT2D eigenvalue weighted by molar-refractivity contribution is 0.588. The van der Waals surface area contributed by atoms with Crippen molar-refractivity contribution >= 4 is 15.7 Å². The van der Waals surface area contributed by atoms with Crippen LogP contribution in [0.3, 0.4) is 0 Å². The molecule has 0 fully saturated rings. The first-order valence-corrected chi connectivity index (χ1v) is 8.46. The largest absolute Gasteiger partial charge is 0.379 e. The quantitative estimate of drug-likeness (QED) is 0.826. The van der Waals surface area contributed by atoms with Crippen LogP contribution in [0.4, 0.5) is 5.69 Å². The van der Waals surface area contributed by atoms with Crippen molar-refractivity contribution in [2.24, 2.45) is 0 Å². The highest BCUT2D eigenvalue weighted by atomic mass is 32.2. The predicted octanol–water partition coefficient (Wildman–Crippen LogP) is 2.42. The molecule has 0 unspecified atom stereocenters. The van der Waals surface area contributed by atoms with Crippen LogP contribution in [0.5, 0.6) is 0 Å². The van der Waals surface area contributed by atoms with Gasteiger partial charge in [-0.1, -0.05) is 13.0 Å². The van der Waals surface area contributed by atoms with Crippen LogP contribution in [0.25, 0.3) is 0 Å². The molecular weight excluding hydrogens is 286 g/mol. The molecule has 21 heavy (non-hydrogen) atoms. The molecule has 0 amide bonds. The molecule has 114 valence electrons. The third kappa shape index (κ3) is 3.86. The maximum absolute atomic E-state index is 11.8. The minimum Gasteiger partial charge on any atom is -0.379 e. The Morgan fingerprint density at radius 2 is 2.00 bits per heavy atom. The van der Waals surface area contributed by atoms with Gasteiger partial charge in [-0.3, -0.25) is 0 Å². The summed E-state index contributed by atoms with van der Waals surface area (Å²) in [7, 11) is -2.00. The second-order valence-corrected chi connectivity index (χ2v) is 6.67. The van der Waals surface area contributed by atoms with Crippen LogP contribution in [0.2, 0.25) is 0 Å². The number of sulfonamides is 1. The second kappa shape index (κ2) is 6.78. The number of nitrogens with one attached hydrogen (secondary N) is 2. The number of nitrogens with zero attached hydrogens (tertiary/aromatic N) is 1. The molecule has 0 aliphatic heterocycles. The molecule has 2 aromatic rings. The molecule has 0 aliphatic rings. The molecule has 0 saturated heterocycles. The van der Waals surface area contributed by atoms with Crippen molar-refractivity contribution in [3.05, 3.63) is 48.3 Å². The fourth-order valence-electron chi connectivity index (χ4n) is 2.15. The number of hydrogen-bond donors (Lipinski definition) is 2. The first-order valence-electron chi connectivity index (χ1n) is 6.98. The van der Waals surface area contributed by atoms with Crippen molar-refractivity contribution in [1.82, 2.24) is 9.29 Å². The van der Waals surface area contributed by atoms with Crippen LogP contribution in [0.1, 0.15) is 19.0 Å². The summed E-state index contributed by atoms with van der Waals surface area (Å²) in [6.45, 7) is 3.79. The lowest BCUT2D eigenvalue weighted by Gasteiger charge is -2.11. The molecule has 0 radical (unpaired) electrons. The fourth-order valence-corrected chi connectivity index (χ4v) is 2.93.